The Labute approximate surface area is 126 Å². The maximum atomic E-state index is 10.7. The summed E-state index contributed by atoms with van der Waals surface area (Å²) < 4.78 is 0. The van der Waals surface area contributed by atoms with Crippen molar-refractivity contribution in [1.82, 2.24) is 0 Å². The Balaban J connectivity index is 2.51. The standard InChI is InChI=1S/C18H21ClO/c1-4-13-9-10-14(5-2)16(11-13)18(20)15-8-6-7-12(3)17(15)19/h6-11,18,20H,4-5H2,1-3H3. The van der Waals surface area contributed by atoms with E-state index >= 15 is 0 Å². The van der Waals surface area contributed by atoms with Gasteiger partial charge in [-0.3, -0.25) is 0 Å². The predicted molar refractivity (Wildman–Crippen MR) is 85.4 cm³/mol. The summed E-state index contributed by atoms with van der Waals surface area (Å²) in [5, 5.41) is 11.4. The summed E-state index contributed by atoms with van der Waals surface area (Å²) in [5.41, 5.74) is 5.16. The van der Waals surface area contributed by atoms with E-state index in [-0.39, 0.29) is 0 Å². The zero-order chi connectivity index (χ0) is 14.7. The van der Waals surface area contributed by atoms with Crippen LogP contribution in [-0.4, -0.2) is 5.11 Å². The van der Waals surface area contributed by atoms with Crippen LogP contribution >= 0.6 is 11.6 Å². The molecule has 2 heteroatoms. The van der Waals surface area contributed by atoms with Crippen molar-refractivity contribution in [1.29, 1.82) is 0 Å². The first-order chi connectivity index (χ1) is 9.58. The summed E-state index contributed by atoms with van der Waals surface area (Å²) in [4.78, 5) is 0. The summed E-state index contributed by atoms with van der Waals surface area (Å²) >= 11 is 6.35. The van der Waals surface area contributed by atoms with Crippen molar-refractivity contribution in [2.24, 2.45) is 0 Å². The molecule has 2 aromatic carbocycles. The van der Waals surface area contributed by atoms with Gasteiger partial charge in [0.15, 0.2) is 0 Å². The molecule has 2 rings (SSSR count). The van der Waals surface area contributed by atoms with Gasteiger partial charge >= 0.3 is 0 Å². The van der Waals surface area contributed by atoms with E-state index in [1.807, 2.05) is 25.1 Å². The zero-order valence-electron chi connectivity index (χ0n) is 12.3. The smallest absolute Gasteiger partial charge is 0.106 e. The fourth-order valence-corrected chi connectivity index (χ4v) is 2.72. The molecule has 0 amide bonds. The first kappa shape index (κ1) is 15.1. The van der Waals surface area contributed by atoms with Crippen LogP contribution in [0, 0.1) is 6.92 Å². The van der Waals surface area contributed by atoms with Crippen LogP contribution < -0.4 is 0 Å². The van der Waals surface area contributed by atoms with Crippen molar-refractivity contribution in [3.8, 4) is 0 Å². The van der Waals surface area contributed by atoms with E-state index in [0.717, 1.165) is 29.5 Å². The van der Waals surface area contributed by atoms with Crippen molar-refractivity contribution in [2.75, 3.05) is 0 Å². The van der Waals surface area contributed by atoms with E-state index in [4.69, 9.17) is 11.6 Å². The highest BCUT2D eigenvalue weighted by atomic mass is 35.5. The molecule has 0 radical (unpaired) electrons. The minimum Gasteiger partial charge on any atom is -0.384 e. The average Bonchev–Trinajstić information content (AvgIpc) is 2.48. The van der Waals surface area contributed by atoms with Gasteiger partial charge in [-0.25, -0.2) is 0 Å². The summed E-state index contributed by atoms with van der Waals surface area (Å²) in [5.74, 6) is 0. The first-order valence-electron chi connectivity index (χ1n) is 7.13. The lowest BCUT2D eigenvalue weighted by atomic mass is 9.92. The Morgan fingerprint density at radius 2 is 1.80 bits per heavy atom. The first-order valence-corrected chi connectivity index (χ1v) is 7.51. The Morgan fingerprint density at radius 1 is 1.05 bits per heavy atom. The second-order valence-electron chi connectivity index (χ2n) is 5.12. The molecule has 0 bridgehead atoms. The van der Waals surface area contributed by atoms with Gasteiger partial charge in [0.25, 0.3) is 0 Å². The highest BCUT2D eigenvalue weighted by molar-refractivity contribution is 6.32. The van der Waals surface area contributed by atoms with Crippen LogP contribution in [0.2, 0.25) is 5.02 Å². The molecule has 0 aliphatic carbocycles. The van der Waals surface area contributed by atoms with Gasteiger partial charge in [0.2, 0.25) is 0 Å². The molecule has 0 aliphatic heterocycles. The van der Waals surface area contributed by atoms with Crippen LogP contribution in [0.15, 0.2) is 36.4 Å². The van der Waals surface area contributed by atoms with E-state index in [2.05, 4.69) is 32.0 Å². The average molecular weight is 289 g/mol. The molecular formula is C18H21ClO. The monoisotopic (exact) mass is 288 g/mol. The number of aliphatic hydroxyl groups excluding tert-OH is 1. The fraction of sp³-hybridized carbons (Fsp3) is 0.333. The molecule has 0 saturated heterocycles. The molecule has 1 nitrogen and oxygen atoms in total. The number of halogens is 1. The molecular weight excluding hydrogens is 268 g/mol. The van der Waals surface area contributed by atoms with Gasteiger partial charge in [0.05, 0.1) is 0 Å². The molecule has 0 aliphatic rings. The molecule has 0 saturated carbocycles. The molecule has 106 valence electrons. The highest BCUT2D eigenvalue weighted by Gasteiger charge is 2.17. The van der Waals surface area contributed by atoms with E-state index < -0.39 is 6.10 Å². The normalized spacial score (nSPS) is 12.4. The molecule has 20 heavy (non-hydrogen) atoms. The minimum atomic E-state index is -0.663. The van der Waals surface area contributed by atoms with E-state index in [1.54, 1.807) is 0 Å². The van der Waals surface area contributed by atoms with Gasteiger partial charge in [-0.2, -0.15) is 0 Å². The lowest BCUT2D eigenvalue weighted by molar-refractivity contribution is 0.219. The summed E-state index contributed by atoms with van der Waals surface area (Å²) in [7, 11) is 0. The van der Waals surface area contributed by atoms with Crippen LogP contribution in [0.25, 0.3) is 0 Å². The van der Waals surface area contributed by atoms with Gasteiger partial charge in [0, 0.05) is 10.6 Å². The number of hydrogen-bond acceptors (Lipinski definition) is 1. The second kappa shape index (κ2) is 6.43. The van der Waals surface area contributed by atoms with Crippen molar-refractivity contribution in [3.05, 3.63) is 69.2 Å². The molecule has 0 spiro atoms. The predicted octanol–water partition coefficient (Wildman–Crippen LogP) is 4.85. The Bertz CT molecular complexity index is 604. The minimum absolute atomic E-state index is 0.656. The number of benzene rings is 2. The maximum Gasteiger partial charge on any atom is 0.106 e. The lowest BCUT2D eigenvalue weighted by Crippen LogP contribution is -2.05. The third-order valence-electron chi connectivity index (χ3n) is 3.81. The second-order valence-corrected chi connectivity index (χ2v) is 5.50. The van der Waals surface area contributed by atoms with Crippen molar-refractivity contribution in [3.63, 3.8) is 0 Å². The summed E-state index contributed by atoms with van der Waals surface area (Å²) in [6.07, 6.45) is 1.20. The third kappa shape index (κ3) is 2.89. The molecule has 1 unspecified atom stereocenters. The molecule has 0 aromatic heterocycles. The summed E-state index contributed by atoms with van der Waals surface area (Å²) in [6.45, 7) is 6.19. The lowest BCUT2D eigenvalue weighted by Gasteiger charge is -2.18. The van der Waals surface area contributed by atoms with Crippen molar-refractivity contribution < 1.29 is 5.11 Å². The Morgan fingerprint density at radius 3 is 2.45 bits per heavy atom. The van der Waals surface area contributed by atoms with Gasteiger partial charge in [-0.05, 0) is 42.0 Å². The molecule has 1 N–H and O–H groups in total. The molecule has 2 aromatic rings. The van der Waals surface area contributed by atoms with E-state index in [9.17, 15) is 5.11 Å². The van der Waals surface area contributed by atoms with Gasteiger partial charge in [-0.15, -0.1) is 0 Å². The van der Waals surface area contributed by atoms with Gasteiger partial charge < -0.3 is 5.11 Å². The molecule has 0 heterocycles. The van der Waals surface area contributed by atoms with Crippen LogP contribution in [0.3, 0.4) is 0 Å². The zero-order valence-corrected chi connectivity index (χ0v) is 13.0. The van der Waals surface area contributed by atoms with Crippen LogP contribution in [0.5, 0.6) is 0 Å². The molecule has 1 atom stereocenters. The topological polar surface area (TPSA) is 20.2 Å². The largest absolute Gasteiger partial charge is 0.384 e. The van der Waals surface area contributed by atoms with Crippen LogP contribution in [0.4, 0.5) is 0 Å². The number of aryl methyl sites for hydroxylation is 3. The Kier molecular flexibility index (Phi) is 4.85. The number of hydrogen-bond donors (Lipinski definition) is 1. The van der Waals surface area contributed by atoms with Crippen molar-refractivity contribution >= 4 is 11.6 Å². The number of aliphatic hydroxyl groups is 1. The third-order valence-corrected chi connectivity index (χ3v) is 4.33. The SMILES string of the molecule is CCc1ccc(CC)c(C(O)c2cccc(C)c2Cl)c1. The molecule has 0 fully saturated rings. The Hall–Kier alpha value is -1.31. The quantitative estimate of drug-likeness (QED) is 0.852. The van der Waals surface area contributed by atoms with Gasteiger partial charge in [-0.1, -0.05) is 61.8 Å². The fourth-order valence-electron chi connectivity index (χ4n) is 2.49. The maximum absolute atomic E-state index is 10.7. The van der Waals surface area contributed by atoms with Crippen LogP contribution in [-0.2, 0) is 12.8 Å². The highest BCUT2D eigenvalue weighted by Crippen LogP contribution is 2.32. The van der Waals surface area contributed by atoms with E-state index in [1.165, 1.54) is 11.1 Å². The van der Waals surface area contributed by atoms with Gasteiger partial charge in [0.1, 0.15) is 6.10 Å². The van der Waals surface area contributed by atoms with Crippen LogP contribution in [0.1, 0.15) is 47.8 Å². The van der Waals surface area contributed by atoms with E-state index in [0.29, 0.717) is 5.02 Å². The number of rotatable bonds is 4. The summed E-state index contributed by atoms with van der Waals surface area (Å²) in [6, 6.07) is 12.1. The van der Waals surface area contributed by atoms with Crippen molar-refractivity contribution in [2.45, 2.75) is 39.7 Å².